The molecule has 4 rings (SSSR count). The maximum absolute atomic E-state index is 12.3. The predicted molar refractivity (Wildman–Crippen MR) is 131 cm³/mol. The molecule has 34 heavy (non-hydrogen) atoms. The summed E-state index contributed by atoms with van der Waals surface area (Å²) in [4.78, 5) is 28.7. The van der Waals surface area contributed by atoms with Crippen LogP contribution in [0.5, 0.6) is 5.75 Å². The molecule has 1 aromatic carbocycles. The molecular formula is C26H32N4O4. The quantitative estimate of drug-likeness (QED) is 0.516. The third-order valence-corrected chi connectivity index (χ3v) is 5.84. The summed E-state index contributed by atoms with van der Waals surface area (Å²) < 4.78 is 16.6. The van der Waals surface area contributed by atoms with Crippen LogP contribution in [0.4, 0.5) is 5.82 Å². The first-order valence-electron chi connectivity index (χ1n) is 11.5. The lowest BCUT2D eigenvalue weighted by Gasteiger charge is -2.34. The van der Waals surface area contributed by atoms with Gasteiger partial charge in [-0.05, 0) is 65.0 Å². The third-order valence-electron chi connectivity index (χ3n) is 5.84. The molecule has 0 spiro atoms. The number of fused-ring (bicyclic) bond motifs is 1. The highest BCUT2D eigenvalue weighted by Crippen LogP contribution is 2.31. The van der Waals surface area contributed by atoms with Crippen molar-refractivity contribution in [3.05, 3.63) is 41.7 Å². The number of pyridine rings is 1. The number of ether oxygens (including phenoxy) is 3. The maximum atomic E-state index is 12.3. The second-order valence-electron chi connectivity index (χ2n) is 9.63. The Morgan fingerprint density at radius 3 is 2.68 bits per heavy atom. The van der Waals surface area contributed by atoms with Crippen molar-refractivity contribution in [1.29, 1.82) is 0 Å². The van der Waals surface area contributed by atoms with Crippen LogP contribution in [0.3, 0.4) is 0 Å². The van der Waals surface area contributed by atoms with Crippen LogP contribution in [0.25, 0.3) is 22.3 Å². The molecule has 1 aliphatic heterocycles. The highest BCUT2D eigenvalue weighted by molar-refractivity contribution is 5.89. The molecule has 0 unspecified atom stereocenters. The number of methoxy groups -OCH3 is 1. The molecule has 0 radical (unpaired) electrons. The summed E-state index contributed by atoms with van der Waals surface area (Å²) in [5.74, 6) is 1.96. The Kier molecular flexibility index (Phi) is 6.70. The van der Waals surface area contributed by atoms with E-state index in [4.69, 9.17) is 24.2 Å². The molecule has 3 aromatic rings. The van der Waals surface area contributed by atoms with Crippen LogP contribution in [0.2, 0.25) is 0 Å². The summed E-state index contributed by atoms with van der Waals surface area (Å²) in [5.41, 5.74) is 2.52. The second-order valence-corrected chi connectivity index (χ2v) is 9.63. The molecule has 0 amide bonds. The number of aryl methyl sites for hydroxylation is 1. The zero-order chi connectivity index (χ0) is 24.5. The maximum Gasteiger partial charge on any atom is 0.311 e. The molecular weight excluding hydrogens is 432 g/mol. The summed E-state index contributed by atoms with van der Waals surface area (Å²) >= 11 is 0. The van der Waals surface area contributed by atoms with Crippen molar-refractivity contribution in [1.82, 2.24) is 15.0 Å². The van der Waals surface area contributed by atoms with E-state index in [0.717, 1.165) is 34.6 Å². The Bertz CT molecular complexity index is 1210. The molecule has 3 heterocycles. The van der Waals surface area contributed by atoms with Crippen LogP contribution >= 0.6 is 0 Å². The Balaban J connectivity index is 1.69. The predicted octanol–water partition coefficient (Wildman–Crippen LogP) is 4.32. The third kappa shape index (κ3) is 4.97. The number of morpholine rings is 1. The van der Waals surface area contributed by atoms with Gasteiger partial charge in [-0.2, -0.15) is 0 Å². The molecule has 1 saturated heterocycles. The van der Waals surface area contributed by atoms with E-state index in [1.54, 1.807) is 7.11 Å². The van der Waals surface area contributed by atoms with E-state index in [1.807, 2.05) is 58.0 Å². The molecule has 0 aliphatic carbocycles. The van der Waals surface area contributed by atoms with Crippen LogP contribution in [0.1, 0.15) is 39.1 Å². The van der Waals surface area contributed by atoms with Crippen LogP contribution in [-0.4, -0.2) is 53.8 Å². The summed E-state index contributed by atoms with van der Waals surface area (Å²) in [6.45, 7) is 11.8. The minimum absolute atomic E-state index is 0.126. The lowest BCUT2D eigenvalue weighted by Crippen LogP contribution is -2.44. The van der Waals surface area contributed by atoms with E-state index in [9.17, 15) is 4.79 Å². The molecule has 8 nitrogen and oxygen atoms in total. The van der Waals surface area contributed by atoms with Crippen molar-refractivity contribution < 1.29 is 19.0 Å². The number of benzene rings is 1. The molecule has 0 saturated carbocycles. The van der Waals surface area contributed by atoms with Gasteiger partial charge in [0.05, 0.1) is 42.9 Å². The van der Waals surface area contributed by atoms with Crippen LogP contribution < -0.4 is 9.64 Å². The van der Waals surface area contributed by atoms with E-state index in [-0.39, 0.29) is 18.6 Å². The van der Waals surface area contributed by atoms with E-state index < -0.39 is 5.41 Å². The van der Waals surface area contributed by atoms with Crippen molar-refractivity contribution in [3.63, 3.8) is 0 Å². The number of rotatable bonds is 5. The number of anilines is 1. The van der Waals surface area contributed by atoms with Crippen LogP contribution in [-0.2, 0) is 20.9 Å². The minimum Gasteiger partial charge on any atom is -0.496 e. The molecule has 8 heteroatoms. The van der Waals surface area contributed by atoms with Crippen LogP contribution in [0.15, 0.2) is 30.3 Å². The Labute approximate surface area is 200 Å². The normalized spacial score (nSPS) is 16.5. The van der Waals surface area contributed by atoms with E-state index >= 15 is 0 Å². The standard InChI is InChI=1S/C26H32N4O4/c1-16-14-33-12-11-30(16)24-20-8-9-21(29-23(20)27-17(2)28-24)18-7-10-22(32-6)19(13-18)15-34-25(31)26(3,4)5/h7-10,13,16H,11-12,14-15H2,1-6H3/t16-/m0/s1. The average Bonchev–Trinajstić information content (AvgIpc) is 2.81. The minimum atomic E-state index is -0.571. The molecule has 1 atom stereocenters. The zero-order valence-corrected chi connectivity index (χ0v) is 20.7. The number of hydrogen-bond acceptors (Lipinski definition) is 8. The number of aromatic nitrogens is 3. The number of hydrogen-bond donors (Lipinski definition) is 0. The van der Waals surface area contributed by atoms with Gasteiger partial charge in [0, 0.05) is 17.7 Å². The van der Waals surface area contributed by atoms with Gasteiger partial charge in [-0.1, -0.05) is 0 Å². The summed E-state index contributed by atoms with van der Waals surface area (Å²) in [6.07, 6.45) is 0. The first-order chi connectivity index (χ1) is 16.2. The summed E-state index contributed by atoms with van der Waals surface area (Å²) in [5, 5.41) is 0.913. The number of nitrogens with zero attached hydrogens (tertiary/aromatic N) is 4. The van der Waals surface area contributed by atoms with Gasteiger partial charge in [0.1, 0.15) is 24.0 Å². The van der Waals surface area contributed by atoms with Gasteiger partial charge in [0.25, 0.3) is 0 Å². The highest BCUT2D eigenvalue weighted by Gasteiger charge is 2.25. The van der Waals surface area contributed by atoms with Gasteiger partial charge in [0.15, 0.2) is 5.65 Å². The summed E-state index contributed by atoms with van der Waals surface area (Å²) in [7, 11) is 1.60. The van der Waals surface area contributed by atoms with E-state index in [1.165, 1.54) is 0 Å². The molecule has 1 fully saturated rings. The molecule has 2 aromatic heterocycles. The van der Waals surface area contributed by atoms with Gasteiger partial charge < -0.3 is 19.1 Å². The van der Waals surface area contributed by atoms with Crippen molar-refractivity contribution in [3.8, 4) is 17.0 Å². The first-order valence-corrected chi connectivity index (χ1v) is 11.5. The lowest BCUT2D eigenvalue weighted by atomic mass is 9.97. The molecule has 180 valence electrons. The number of carbonyl (C=O) groups excluding carboxylic acids is 1. The smallest absolute Gasteiger partial charge is 0.311 e. The van der Waals surface area contributed by atoms with Crippen molar-refractivity contribution in [2.75, 3.05) is 31.8 Å². The van der Waals surface area contributed by atoms with Gasteiger partial charge >= 0.3 is 5.97 Å². The molecule has 1 aliphatic rings. The van der Waals surface area contributed by atoms with Crippen molar-refractivity contribution in [2.24, 2.45) is 5.41 Å². The van der Waals surface area contributed by atoms with Gasteiger partial charge in [0.2, 0.25) is 0 Å². The molecule has 0 N–H and O–H groups in total. The number of carbonyl (C=O) groups is 1. The summed E-state index contributed by atoms with van der Waals surface area (Å²) in [6, 6.07) is 9.99. The topological polar surface area (TPSA) is 86.7 Å². The Morgan fingerprint density at radius 2 is 1.97 bits per heavy atom. The Morgan fingerprint density at radius 1 is 1.18 bits per heavy atom. The zero-order valence-electron chi connectivity index (χ0n) is 20.7. The highest BCUT2D eigenvalue weighted by atomic mass is 16.5. The van der Waals surface area contributed by atoms with E-state index in [0.29, 0.717) is 30.4 Å². The second kappa shape index (κ2) is 9.54. The fraction of sp³-hybridized carbons (Fsp3) is 0.462. The molecule has 0 bridgehead atoms. The van der Waals surface area contributed by atoms with Crippen LogP contribution in [0, 0.1) is 12.3 Å². The largest absolute Gasteiger partial charge is 0.496 e. The van der Waals surface area contributed by atoms with Gasteiger partial charge in [-0.3, -0.25) is 4.79 Å². The van der Waals surface area contributed by atoms with Gasteiger partial charge in [-0.15, -0.1) is 0 Å². The number of esters is 1. The fourth-order valence-corrected chi connectivity index (χ4v) is 3.93. The van der Waals surface area contributed by atoms with Crippen molar-refractivity contribution in [2.45, 2.75) is 47.3 Å². The Hall–Kier alpha value is -3.26. The lowest BCUT2D eigenvalue weighted by molar-refractivity contribution is -0.154. The monoisotopic (exact) mass is 464 g/mol. The van der Waals surface area contributed by atoms with Crippen molar-refractivity contribution >= 4 is 22.8 Å². The first kappa shape index (κ1) is 23.9. The fourth-order valence-electron chi connectivity index (χ4n) is 3.93. The van der Waals surface area contributed by atoms with Gasteiger partial charge in [-0.25, -0.2) is 15.0 Å². The van der Waals surface area contributed by atoms with E-state index in [2.05, 4.69) is 16.8 Å². The average molecular weight is 465 g/mol. The SMILES string of the molecule is COc1ccc(-c2ccc3c(N4CCOC[C@@H]4C)nc(C)nc3n2)cc1COC(=O)C(C)(C)C.